The fourth-order valence-corrected chi connectivity index (χ4v) is 2.36. The summed E-state index contributed by atoms with van der Waals surface area (Å²) in [6.07, 6.45) is 1.11. The summed E-state index contributed by atoms with van der Waals surface area (Å²) in [5.41, 5.74) is -0.832. The van der Waals surface area contributed by atoms with E-state index < -0.39 is 28.9 Å². The van der Waals surface area contributed by atoms with Gasteiger partial charge in [0.2, 0.25) is 5.91 Å². The number of ether oxygens (including phenoxy) is 1. The molecule has 1 heterocycles. The van der Waals surface area contributed by atoms with Crippen molar-refractivity contribution in [1.29, 1.82) is 5.26 Å². The Bertz CT molecular complexity index is 1030. The standard InChI is InChI=1S/C17H14N4O6/c1-10-13(4-3-5-14(10)21(25)26)19-15(22)9-20-8-12(17(24)27-2)6-11(7-18)16(20)23/h3-6,8H,9H2,1-2H3,(H,19,22). The molecule has 1 aromatic carbocycles. The van der Waals surface area contributed by atoms with Crippen LogP contribution in [0, 0.1) is 28.4 Å². The highest BCUT2D eigenvalue weighted by Crippen LogP contribution is 2.24. The second-order valence-electron chi connectivity index (χ2n) is 5.43. The van der Waals surface area contributed by atoms with Gasteiger partial charge >= 0.3 is 5.97 Å². The third kappa shape index (κ3) is 4.16. The van der Waals surface area contributed by atoms with Crippen molar-refractivity contribution in [1.82, 2.24) is 4.57 Å². The molecule has 1 N–H and O–H groups in total. The van der Waals surface area contributed by atoms with Crippen molar-refractivity contribution in [3.8, 4) is 6.07 Å². The minimum atomic E-state index is -0.768. The van der Waals surface area contributed by atoms with Crippen molar-refractivity contribution in [2.24, 2.45) is 0 Å². The quantitative estimate of drug-likeness (QED) is 0.475. The largest absolute Gasteiger partial charge is 0.465 e. The molecule has 138 valence electrons. The molecule has 0 radical (unpaired) electrons. The molecule has 27 heavy (non-hydrogen) atoms. The van der Waals surface area contributed by atoms with Crippen molar-refractivity contribution in [2.45, 2.75) is 13.5 Å². The number of hydrogen-bond donors (Lipinski definition) is 1. The van der Waals surface area contributed by atoms with Crippen LogP contribution in [-0.2, 0) is 16.1 Å². The van der Waals surface area contributed by atoms with Gasteiger partial charge in [0.05, 0.1) is 28.8 Å². The molecule has 0 aliphatic carbocycles. The average molecular weight is 370 g/mol. The van der Waals surface area contributed by atoms with Gasteiger partial charge in [-0.25, -0.2) is 4.79 Å². The summed E-state index contributed by atoms with van der Waals surface area (Å²) in [7, 11) is 1.14. The summed E-state index contributed by atoms with van der Waals surface area (Å²) in [6.45, 7) is 0.978. The van der Waals surface area contributed by atoms with Crippen LogP contribution >= 0.6 is 0 Å². The molecule has 0 aliphatic heterocycles. The maximum absolute atomic E-state index is 12.3. The third-order valence-corrected chi connectivity index (χ3v) is 3.72. The maximum atomic E-state index is 12.3. The van der Waals surface area contributed by atoms with Gasteiger partial charge in [-0.3, -0.25) is 19.7 Å². The van der Waals surface area contributed by atoms with Gasteiger partial charge < -0.3 is 14.6 Å². The highest BCUT2D eigenvalue weighted by atomic mass is 16.6. The van der Waals surface area contributed by atoms with Crippen LogP contribution < -0.4 is 10.9 Å². The Morgan fingerprint density at radius 2 is 2.11 bits per heavy atom. The SMILES string of the molecule is COC(=O)c1cc(C#N)c(=O)n(CC(=O)Nc2cccc([N+](=O)[O-])c2C)c1. The summed E-state index contributed by atoms with van der Waals surface area (Å²) < 4.78 is 5.45. The number of nitrogens with zero attached hydrogens (tertiary/aromatic N) is 3. The lowest BCUT2D eigenvalue weighted by Gasteiger charge is -2.11. The van der Waals surface area contributed by atoms with Crippen LogP contribution in [0.2, 0.25) is 0 Å². The number of carbonyl (C=O) groups excluding carboxylic acids is 2. The summed E-state index contributed by atoms with van der Waals surface area (Å²) in [6, 6.07) is 6.93. The smallest absolute Gasteiger partial charge is 0.339 e. The van der Waals surface area contributed by atoms with E-state index in [1.807, 2.05) is 0 Å². The molecule has 0 aliphatic rings. The number of methoxy groups -OCH3 is 1. The number of esters is 1. The molecule has 0 bridgehead atoms. The number of anilines is 1. The fourth-order valence-electron chi connectivity index (χ4n) is 2.36. The molecule has 0 unspecified atom stereocenters. The zero-order chi connectivity index (χ0) is 20.1. The lowest BCUT2D eigenvalue weighted by atomic mass is 10.1. The number of nitro benzene ring substituents is 1. The first-order valence-corrected chi connectivity index (χ1v) is 7.55. The molecular weight excluding hydrogens is 356 g/mol. The highest BCUT2D eigenvalue weighted by Gasteiger charge is 2.17. The average Bonchev–Trinajstić information content (AvgIpc) is 2.64. The number of pyridine rings is 1. The molecule has 1 amide bonds. The Hall–Kier alpha value is -4.00. The van der Waals surface area contributed by atoms with Crippen molar-refractivity contribution in [3.63, 3.8) is 0 Å². The normalized spacial score (nSPS) is 9.96. The second-order valence-corrected chi connectivity index (χ2v) is 5.43. The zero-order valence-corrected chi connectivity index (χ0v) is 14.4. The van der Waals surface area contributed by atoms with Gasteiger partial charge in [0.25, 0.3) is 11.2 Å². The predicted molar refractivity (Wildman–Crippen MR) is 93.2 cm³/mol. The van der Waals surface area contributed by atoms with E-state index >= 15 is 0 Å². The number of rotatable bonds is 5. The molecule has 0 fully saturated rings. The van der Waals surface area contributed by atoms with E-state index in [1.54, 1.807) is 6.07 Å². The van der Waals surface area contributed by atoms with Gasteiger partial charge in [-0.2, -0.15) is 5.26 Å². The van der Waals surface area contributed by atoms with Gasteiger partial charge in [-0.05, 0) is 19.1 Å². The molecule has 0 spiro atoms. The van der Waals surface area contributed by atoms with Crippen molar-refractivity contribution in [3.05, 3.63) is 67.6 Å². The Morgan fingerprint density at radius 1 is 1.41 bits per heavy atom. The van der Waals surface area contributed by atoms with Gasteiger partial charge in [0.1, 0.15) is 18.2 Å². The van der Waals surface area contributed by atoms with Gasteiger partial charge in [0.15, 0.2) is 0 Å². The molecule has 0 saturated heterocycles. The van der Waals surface area contributed by atoms with Crippen molar-refractivity contribution in [2.75, 3.05) is 12.4 Å². The molecular formula is C17H14N4O6. The first-order valence-electron chi connectivity index (χ1n) is 7.55. The number of benzene rings is 1. The zero-order valence-electron chi connectivity index (χ0n) is 14.4. The Kier molecular flexibility index (Phi) is 5.67. The number of aromatic nitrogens is 1. The van der Waals surface area contributed by atoms with Crippen LogP contribution in [0.15, 0.2) is 35.3 Å². The first kappa shape index (κ1) is 19.3. The summed E-state index contributed by atoms with van der Waals surface area (Å²) in [5, 5.41) is 22.5. The lowest BCUT2D eigenvalue weighted by molar-refractivity contribution is -0.385. The Labute approximate surface area is 152 Å². The van der Waals surface area contributed by atoms with Gasteiger partial charge in [0, 0.05) is 12.3 Å². The summed E-state index contributed by atoms with van der Waals surface area (Å²) >= 11 is 0. The Balaban J connectivity index is 2.33. The van der Waals surface area contributed by atoms with E-state index in [4.69, 9.17) is 5.26 Å². The molecule has 1 aromatic heterocycles. The molecule has 0 atom stereocenters. The first-order chi connectivity index (χ1) is 12.8. The van der Waals surface area contributed by atoms with E-state index in [9.17, 15) is 24.5 Å². The van der Waals surface area contributed by atoms with Gasteiger partial charge in [-0.1, -0.05) is 6.07 Å². The Morgan fingerprint density at radius 3 is 2.70 bits per heavy atom. The fraction of sp³-hybridized carbons (Fsp3) is 0.176. The molecule has 2 aromatic rings. The monoisotopic (exact) mass is 370 g/mol. The van der Waals surface area contributed by atoms with Crippen molar-refractivity contribution >= 4 is 23.3 Å². The minimum Gasteiger partial charge on any atom is -0.465 e. The third-order valence-electron chi connectivity index (χ3n) is 3.72. The van der Waals surface area contributed by atoms with Crippen LogP contribution in [-0.4, -0.2) is 28.5 Å². The number of nitriles is 1. The van der Waals surface area contributed by atoms with Crippen LogP contribution in [0.3, 0.4) is 0 Å². The topological polar surface area (TPSA) is 144 Å². The van der Waals surface area contributed by atoms with Crippen LogP contribution in [0.1, 0.15) is 21.5 Å². The summed E-state index contributed by atoms with van der Waals surface area (Å²) in [5.74, 6) is -1.43. The van der Waals surface area contributed by atoms with Crippen molar-refractivity contribution < 1.29 is 19.2 Å². The highest BCUT2D eigenvalue weighted by molar-refractivity contribution is 5.92. The molecule has 10 nitrogen and oxygen atoms in total. The van der Waals surface area contributed by atoms with E-state index in [1.165, 1.54) is 25.1 Å². The number of nitro groups is 1. The second kappa shape index (κ2) is 7.92. The van der Waals surface area contributed by atoms with Gasteiger partial charge in [-0.15, -0.1) is 0 Å². The van der Waals surface area contributed by atoms with E-state index in [0.717, 1.165) is 23.9 Å². The maximum Gasteiger partial charge on any atom is 0.339 e. The molecule has 2 rings (SSSR count). The van der Waals surface area contributed by atoms with Crippen LogP contribution in [0.5, 0.6) is 0 Å². The summed E-state index contributed by atoms with van der Waals surface area (Å²) in [4.78, 5) is 46.5. The minimum absolute atomic E-state index is 0.0621. The van der Waals surface area contributed by atoms with E-state index in [2.05, 4.69) is 10.1 Å². The number of carbonyl (C=O) groups is 2. The number of amides is 1. The molecule has 0 saturated carbocycles. The lowest BCUT2D eigenvalue weighted by Crippen LogP contribution is -2.30. The number of nitrogens with one attached hydrogen (secondary N) is 1. The van der Waals surface area contributed by atoms with Crippen LogP contribution in [0.25, 0.3) is 0 Å². The number of hydrogen-bond acceptors (Lipinski definition) is 7. The van der Waals surface area contributed by atoms with Crippen LogP contribution in [0.4, 0.5) is 11.4 Å². The predicted octanol–water partition coefficient (Wildman–Crippen LogP) is 1.36. The molecule has 10 heteroatoms. The van der Waals surface area contributed by atoms with E-state index in [-0.39, 0.29) is 28.1 Å². The van der Waals surface area contributed by atoms with E-state index in [0.29, 0.717) is 0 Å².